The molecule has 2 aromatic rings. The van der Waals surface area contributed by atoms with E-state index >= 15 is 0 Å². The smallest absolute Gasteiger partial charge is 0.449 e. The van der Waals surface area contributed by atoms with Crippen molar-refractivity contribution in [1.82, 2.24) is 4.98 Å². The normalized spacial score (nSPS) is 25.4. The zero-order chi connectivity index (χ0) is 24.6. The Bertz CT molecular complexity index is 1100. The summed E-state index contributed by atoms with van der Waals surface area (Å²) in [5.74, 6) is -0.569. The highest BCUT2D eigenvalue weighted by atomic mass is 35.5. The van der Waals surface area contributed by atoms with Crippen LogP contribution >= 0.6 is 11.6 Å². The molecule has 1 aliphatic carbocycles. The van der Waals surface area contributed by atoms with E-state index in [0.29, 0.717) is 27.4 Å². The van der Waals surface area contributed by atoms with Crippen LogP contribution in [0.25, 0.3) is 0 Å². The number of rotatable bonds is 7. The van der Waals surface area contributed by atoms with Crippen LogP contribution in [0.2, 0.25) is 5.02 Å². The summed E-state index contributed by atoms with van der Waals surface area (Å²) in [7, 11) is 0. The molecule has 1 aromatic carbocycles. The van der Waals surface area contributed by atoms with Crippen LogP contribution in [-0.4, -0.2) is 38.6 Å². The van der Waals surface area contributed by atoms with E-state index in [4.69, 9.17) is 21.1 Å². The molecule has 4 atom stereocenters. The summed E-state index contributed by atoms with van der Waals surface area (Å²) in [6.07, 6.45) is -3.95. The van der Waals surface area contributed by atoms with Crippen molar-refractivity contribution in [1.29, 1.82) is 0 Å². The highest BCUT2D eigenvalue weighted by Crippen LogP contribution is 2.53. The molecule has 4 unspecified atom stereocenters. The van der Waals surface area contributed by atoms with Crippen LogP contribution in [0.15, 0.2) is 30.5 Å². The summed E-state index contributed by atoms with van der Waals surface area (Å²) in [6, 6.07) is 6.81. The zero-order valence-electron chi connectivity index (χ0n) is 17.5. The van der Waals surface area contributed by atoms with Gasteiger partial charge in [-0.25, -0.2) is 4.79 Å². The molecule has 180 valence electrons. The van der Waals surface area contributed by atoms with E-state index in [-0.39, 0.29) is 18.6 Å². The van der Waals surface area contributed by atoms with Gasteiger partial charge in [0.1, 0.15) is 18.3 Å². The number of hydrogen-bond donors (Lipinski definition) is 1. The molecule has 2 aliphatic rings. The van der Waals surface area contributed by atoms with Crippen LogP contribution in [0, 0.1) is 33.1 Å². The minimum atomic E-state index is -1.55. The molecule has 0 bridgehead atoms. The van der Waals surface area contributed by atoms with Crippen molar-refractivity contribution in [2.24, 2.45) is 5.92 Å². The zero-order valence-corrected chi connectivity index (χ0v) is 18.3. The van der Waals surface area contributed by atoms with E-state index in [1.165, 1.54) is 0 Å². The van der Waals surface area contributed by atoms with Crippen LogP contribution in [-0.2, 0) is 14.4 Å². The lowest BCUT2D eigenvalue weighted by Gasteiger charge is -2.22. The predicted molar refractivity (Wildman–Crippen MR) is 111 cm³/mol. The van der Waals surface area contributed by atoms with E-state index in [9.17, 15) is 30.1 Å². The molecule has 1 aliphatic heterocycles. The predicted octanol–water partition coefficient (Wildman–Crippen LogP) is 3.82. The average molecular weight is 496 g/mol. The van der Waals surface area contributed by atoms with Crippen LogP contribution in [0.1, 0.15) is 47.4 Å². The summed E-state index contributed by atoms with van der Waals surface area (Å²) in [6.45, 7) is 1.57. The first-order valence-corrected chi connectivity index (χ1v) is 10.4. The summed E-state index contributed by atoms with van der Waals surface area (Å²) >= 11 is 5.99. The molecular weight excluding hydrogens is 478 g/mol. The second-order valence-corrected chi connectivity index (χ2v) is 8.30. The fraction of sp³-hybridized carbons (Fsp3) is 0.400. The van der Waals surface area contributed by atoms with Gasteiger partial charge in [0.2, 0.25) is 0 Å². The third-order valence-electron chi connectivity index (χ3n) is 5.85. The van der Waals surface area contributed by atoms with Crippen molar-refractivity contribution in [2.45, 2.75) is 44.2 Å². The first-order chi connectivity index (χ1) is 16.1. The van der Waals surface area contributed by atoms with Crippen LogP contribution < -0.4 is 4.74 Å². The first-order valence-electron chi connectivity index (χ1n) is 10.1. The largest absolute Gasteiger partial charge is 0.511 e. The lowest BCUT2D eigenvalue weighted by Crippen LogP contribution is -2.30. The standard InChI is InChI=1S/C20H18ClN3O10/c1-9-17(32-20(25)26)16-13(8-22-9)18(10-2-4-12(21)5-3-10)31-19(16)11-6-14(33-23(27)28)15(7-11)34-24(29)30/h2-5,8,11,14-15,18-19H,6-7H2,1H3,(H,25,26). The van der Waals surface area contributed by atoms with Gasteiger partial charge in [-0.1, -0.05) is 23.7 Å². The number of aryl methyl sites for hydroxylation is 1. The topological polar surface area (TPSA) is 173 Å². The maximum atomic E-state index is 11.4. The summed E-state index contributed by atoms with van der Waals surface area (Å²) < 4.78 is 11.4. The lowest BCUT2D eigenvalue weighted by atomic mass is 9.91. The molecule has 4 rings (SSSR count). The number of benzene rings is 1. The third kappa shape index (κ3) is 4.65. The van der Waals surface area contributed by atoms with Gasteiger partial charge >= 0.3 is 6.16 Å². The maximum Gasteiger partial charge on any atom is 0.511 e. The number of pyridine rings is 1. The Balaban J connectivity index is 1.75. The fourth-order valence-electron chi connectivity index (χ4n) is 4.56. The van der Waals surface area contributed by atoms with Gasteiger partial charge in [-0.2, -0.15) is 0 Å². The number of halogens is 1. The molecule has 1 N–H and O–H groups in total. The molecule has 0 saturated heterocycles. The Labute approximate surface area is 196 Å². The molecular formula is C20H18ClN3O10. The molecule has 2 heterocycles. The summed E-state index contributed by atoms with van der Waals surface area (Å²) in [5, 5.41) is 29.6. The van der Waals surface area contributed by atoms with Gasteiger partial charge in [0.05, 0.1) is 11.8 Å². The number of aromatic nitrogens is 1. The van der Waals surface area contributed by atoms with Crippen molar-refractivity contribution in [3.8, 4) is 5.75 Å². The maximum absolute atomic E-state index is 11.4. The van der Waals surface area contributed by atoms with Gasteiger partial charge in [0.15, 0.2) is 5.75 Å². The van der Waals surface area contributed by atoms with Crippen LogP contribution in [0.5, 0.6) is 5.75 Å². The minimum absolute atomic E-state index is 0.00911. The second kappa shape index (κ2) is 9.27. The lowest BCUT2D eigenvalue weighted by molar-refractivity contribution is -0.797. The molecule has 1 fully saturated rings. The minimum Gasteiger partial charge on any atom is -0.449 e. The Hall–Kier alpha value is -3.71. The van der Waals surface area contributed by atoms with Crippen LogP contribution in [0.4, 0.5) is 4.79 Å². The van der Waals surface area contributed by atoms with Gasteiger partial charge < -0.3 is 24.3 Å². The number of hydrogen-bond acceptors (Lipinski definition) is 10. The van der Waals surface area contributed by atoms with E-state index in [0.717, 1.165) is 0 Å². The van der Waals surface area contributed by atoms with Crippen molar-refractivity contribution in [2.75, 3.05) is 0 Å². The Kier molecular flexibility index (Phi) is 6.39. The van der Waals surface area contributed by atoms with Crippen molar-refractivity contribution in [3.63, 3.8) is 0 Å². The van der Waals surface area contributed by atoms with Crippen molar-refractivity contribution in [3.05, 3.63) is 78.1 Å². The molecule has 34 heavy (non-hydrogen) atoms. The number of ether oxygens (including phenoxy) is 2. The Morgan fingerprint density at radius 2 is 1.74 bits per heavy atom. The fourth-order valence-corrected chi connectivity index (χ4v) is 4.68. The van der Waals surface area contributed by atoms with Gasteiger partial charge in [0, 0.05) is 22.3 Å². The van der Waals surface area contributed by atoms with Crippen molar-refractivity contribution < 1.29 is 39.2 Å². The molecule has 0 spiro atoms. The highest BCUT2D eigenvalue weighted by Gasteiger charge is 2.48. The number of nitrogens with zero attached hydrogens (tertiary/aromatic N) is 3. The third-order valence-corrected chi connectivity index (χ3v) is 6.10. The Morgan fingerprint density at radius 1 is 1.15 bits per heavy atom. The van der Waals surface area contributed by atoms with Gasteiger partial charge in [-0.05, 0) is 43.4 Å². The summed E-state index contributed by atoms with van der Waals surface area (Å²) in [4.78, 5) is 46.7. The van der Waals surface area contributed by atoms with Gasteiger partial charge in [0.25, 0.3) is 10.2 Å². The Morgan fingerprint density at radius 3 is 2.26 bits per heavy atom. The number of carbonyl (C=O) groups is 1. The van der Waals surface area contributed by atoms with Crippen molar-refractivity contribution >= 4 is 17.8 Å². The van der Waals surface area contributed by atoms with E-state index in [1.54, 1.807) is 37.4 Å². The monoisotopic (exact) mass is 495 g/mol. The highest BCUT2D eigenvalue weighted by molar-refractivity contribution is 6.30. The van der Waals surface area contributed by atoms with E-state index in [2.05, 4.69) is 14.7 Å². The van der Waals surface area contributed by atoms with Crippen LogP contribution in [0.3, 0.4) is 0 Å². The van der Waals surface area contributed by atoms with E-state index in [1.807, 2.05) is 0 Å². The molecule has 0 radical (unpaired) electrons. The number of carboxylic acid groups (broad SMARTS) is 1. The average Bonchev–Trinajstić information content (AvgIpc) is 3.31. The molecule has 0 amide bonds. The first kappa shape index (κ1) is 23.4. The van der Waals surface area contributed by atoms with Gasteiger partial charge in [-0.3, -0.25) is 4.98 Å². The molecule has 1 aromatic heterocycles. The second-order valence-electron chi connectivity index (χ2n) is 7.86. The quantitative estimate of drug-likeness (QED) is 0.335. The van der Waals surface area contributed by atoms with Gasteiger partial charge in [-0.15, -0.1) is 20.2 Å². The molecule has 1 saturated carbocycles. The molecule has 13 nitrogen and oxygen atoms in total. The number of fused-ring (bicyclic) bond motifs is 1. The molecule has 14 heteroatoms. The summed E-state index contributed by atoms with van der Waals surface area (Å²) in [5.41, 5.74) is 1.94. The van der Waals surface area contributed by atoms with E-state index < -0.39 is 46.7 Å². The SMILES string of the molecule is Cc1ncc2c(c1OC(=O)O)C(C1CC(O[N+](=O)[O-])C(O[N+](=O)[O-])C1)OC2c1ccc(Cl)cc1.